The summed E-state index contributed by atoms with van der Waals surface area (Å²) in [7, 11) is 0. The van der Waals surface area contributed by atoms with Crippen LogP contribution >= 0.6 is 11.8 Å². The molecule has 0 spiro atoms. The van der Waals surface area contributed by atoms with Crippen LogP contribution in [-0.4, -0.2) is 72.7 Å². The van der Waals surface area contributed by atoms with E-state index in [1.807, 2.05) is 30.3 Å². The predicted molar refractivity (Wildman–Crippen MR) is 116 cm³/mol. The highest BCUT2D eigenvalue weighted by Crippen LogP contribution is 2.34. The zero-order chi connectivity index (χ0) is 24.4. The van der Waals surface area contributed by atoms with E-state index in [0.717, 1.165) is 0 Å². The van der Waals surface area contributed by atoms with Gasteiger partial charge in [0, 0.05) is 33.4 Å². The van der Waals surface area contributed by atoms with Crippen molar-refractivity contribution in [3.63, 3.8) is 0 Å². The van der Waals surface area contributed by atoms with Crippen LogP contribution in [0.25, 0.3) is 0 Å². The van der Waals surface area contributed by atoms with Gasteiger partial charge in [-0.15, -0.1) is 11.8 Å². The number of esters is 4. The van der Waals surface area contributed by atoms with Crippen LogP contribution in [-0.2, 0) is 42.9 Å². The molecule has 0 saturated carbocycles. The third-order valence-electron chi connectivity index (χ3n) is 4.33. The van der Waals surface area contributed by atoms with Crippen LogP contribution in [0, 0.1) is 0 Å². The normalized spacial score (nSPS) is 24.3. The molecule has 1 fully saturated rings. The molecule has 1 heterocycles. The number of hydrogen-bond acceptors (Lipinski definition) is 11. The van der Waals surface area contributed by atoms with Gasteiger partial charge in [-0.25, -0.2) is 0 Å². The van der Waals surface area contributed by atoms with Gasteiger partial charge < -0.3 is 28.4 Å². The van der Waals surface area contributed by atoms with Gasteiger partial charge in [-0.1, -0.05) is 18.2 Å². The van der Waals surface area contributed by atoms with Crippen molar-refractivity contribution in [2.45, 2.75) is 57.5 Å². The van der Waals surface area contributed by atoms with E-state index in [9.17, 15) is 19.2 Å². The summed E-state index contributed by atoms with van der Waals surface area (Å²) in [4.78, 5) is 46.7. The zero-order valence-corrected chi connectivity index (χ0v) is 19.7. The minimum absolute atomic E-state index is 0.255. The van der Waals surface area contributed by atoms with Crippen molar-refractivity contribution < 1.29 is 47.6 Å². The molecule has 0 amide bonds. The molecule has 0 aromatic heterocycles. The van der Waals surface area contributed by atoms with Crippen LogP contribution in [0.15, 0.2) is 30.3 Å². The number of carbonyl (C=O) groups excluding carboxylic acids is 4. The minimum atomic E-state index is -1.17. The lowest BCUT2D eigenvalue weighted by atomic mass is 9.99. The van der Waals surface area contributed by atoms with E-state index < -0.39 is 53.7 Å². The Balaban J connectivity index is 2.21. The Morgan fingerprint density at radius 1 is 0.818 bits per heavy atom. The van der Waals surface area contributed by atoms with Gasteiger partial charge in [-0.2, -0.15) is 0 Å². The molecule has 1 aromatic carbocycles. The zero-order valence-electron chi connectivity index (χ0n) is 18.9. The first-order valence-electron chi connectivity index (χ1n) is 10.3. The summed E-state index contributed by atoms with van der Waals surface area (Å²) >= 11 is 1.26. The number of carbonyl (C=O) groups is 4. The molecule has 5 atom stereocenters. The quantitative estimate of drug-likeness (QED) is 0.275. The number of benzene rings is 1. The average Bonchev–Trinajstić information content (AvgIpc) is 2.73. The molecule has 0 radical (unpaired) electrons. The number of para-hydroxylation sites is 1. The maximum atomic E-state index is 11.8. The molecule has 0 unspecified atom stereocenters. The first kappa shape index (κ1) is 26.5. The van der Waals surface area contributed by atoms with E-state index in [-0.39, 0.29) is 6.61 Å². The summed E-state index contributed by atoms with van der Waals surface area (Å²) in [6.45, 7) is 4.86. The molecule has 2 rings (SSSR count). The van der Waals surface area contributed by atoms with Crippen molar-refractivity contribution in [3.05, 3.63) is 30.3 Å². The number of ether oxygens (including phenoxy) is 6. The van der Waals surface area contributed by atoms with Gasteiger partial charge >= 0.3 is 23.9 Å². The van der Waals surface area contributed by atoms with Crippen LogP contribution in [0.5, 0.6) is 5.75 Å². The first-order chi connectivity index (χ1) is 15.7. The van der Waals surface area contributed by atoms with Gasteiger partial charge in [0.05, 0.1) is 6.61 Å². The van der Waals surface area contributed by atoms with Gasteiger partial charge in [0.25, 0.3) is 0 Å². The Hall–Kier alpha value is -2.79. The Morgan fingerprint density at radius 2 is 1.39 bits per heavy atom. The topological polar surface area (TPSA) is 124 Å². The molecule has 1 aliphatic rings. The van der Waals surface area contributed by atoms with Crippen molar-refractivity contribution in [2.24, 2.45) is 0 Å². The van der Waals surface area contributed by atoms with Crippen molar-refractivity contribution in [2.75, 3.05) is 19.0 Å². The maximum Gasteiger partial charge on any atom is 0.303 e. The number of hydrogen-bond donors (Lipinski definition) is 0. The molecule has 11 heteroatoms. The Labute approximate surface area is 196 Å². The monoisotopic (exact) mass is 484 g/mol. The third kappa shape index (κ3) is 8.93. The van der Waals surface area contributed by atoms with Crippen molar-refractivity contribution in [1.82, 2.24) is 0 Å². The van der Waals surface area contributed by atoms with Crippen molar-refractivity contribution >= 4 is 35.6 Å². The lowest BCUT2D eigenvalue weighted by molar-refractivity contribution is -0.237. The molecule has 1 aromatic rings. The average molecular weight is 485 g/mol. The van der Waals surface area contributed by atoms with E-state index in [2.05, 4.69) is 0 Å². The Morgan fingerprint density at radius 3 is 1.97 bits per heavy atom. The summed E-state index contributed by atoms with van der Waals surface area (Å²) in [5.74, 6) is -1.41. The van der Waals surface area contributed by atoms with E-state index >= 15 is 0 Å². The van der Waals surface area contributed by atoms with E-state index in [1.54, 1.807) is 0 Å². The molecular formula is C22H28O10S. The van der Waals surface area contributed by atoms with Crippen LogP contribution in [0.1, 0.15) is 27.7 Å². The predicted octanol–water partition coefficient (Wildman–Crippen LogP) is 1.88. The van der Waals surface area contributed by atoms with Crippen molar-refractivity contribution in [3.8, 4) is 5.75 Å². The van der Waals surface area contributed by atoms with E-state index in [1.165, 1.54) is 39.5 Å². The summed E-state index contributed by atoms with van der Waals surface area (Å²) in [6, 6.07) is 9.21. The lowest BCUT2D eigenvalue weighted by Crippen LogP contribution is -2.61. The van der Waals surface area contributed by atoms with E-state index in [0.29, 0.717) is 18.1 Å². The molecule has 0 bridgehead atoms. The minimum Gasteiger partial charge on any atom is -0.493 e. The fraction of sp³-hybridized carbons (Fsp3) is 0.545. The largest absolute Gasteiger partial charge is 0.493 e. The Bertz CT molecular complexity index is 815. The highest BCUT2D eigenvalue weighted by molar-refractivity contribution is 7.99. The van der Waals surface area contributed by atoms with Crippen LogP contribution in [0.3, 0.4) is 0 Å². The SMILES string of the molecule is CC(=O)OC[C@@H]1O[C@H](SCCOc2ccccc2)[C@H](OC(C)=O)[C@@H](OC(C)=O)[C@H]1OC(C)=O. The lowest BCUT2D eigenvalue weighted by Gasteiger charge is -2.44. The first-order valence-corrected chi connectivity index (χ1v) is 11.3. The molecule has 33 heavy (non-hydrogen) atoms. The standard InChI is InChI=1S/C22H28O10S/c1-13(23)28-12-18-19(29-14(2)24)20(30-15(3)25)21(31-16(4)26)22(32-18)33-11-10-27-17-8-6-5-7-9-17/h5-9,18-22H,10-12H2,1-4H3/t18-,19-,20-,21+,22+/m0/s1. The second kappa shape index (κ2) is 13.0. The van der Waals surface area contributed by atoms with Crippen LogP contribution < -0.4 is 4.74 Å². The van der Waals surface area contributed by atoms with Crippen molar-refractivity contribution in [1.29, 1.82) is 0 Å². The smallest absolute Gasteiger partial charge is 0.303 e. The van der Waals surface area contributed by atoms with Gasteiger partial charge in [0.1, 0.15) is 23.9 Å². The second-order valence-corrected chi connectivity index (χ2v) is 8.31. The van der Waals surface area contributed by atoms with Crippen LogP contribution in [0.4, 0.5) is 0 Å². The van der Waals surface area contributed by atoms with Gasteiger partial charge in [-0.3, -0.25) is 19.2 Å². The fourth-order valence-corrected chi connectivity index (χ4v) is 4.20. The molecule has 0 aliphatic carbocycles. The van der Waals surface area contributed by atoms with Gasteiger partial charge in [0.2, 0.25) is 0 Å². The summed E-state index contributed by atoms with van der Waals surface area (Å²) < 4.78 is 32.9. The second-order valence-electron chi connectivity index (χ2n) is 7.10. The number of rotatable bonds is 10. The molecule has 1 saturated heterocycles. The number of thioether (sulfide) groups is 1. The third-order valence-corrected chi connectivity index (χ3v) is 5.44. The maximum absolute atomic E-state index is 11.8. The summed E-state index contributed by atoms with van der Waals surface area (Å²) in [6.07, 6.45) is -4.36. The van der Waals surface area contributed by atoms with Crippen LogP contribution in [0.2, 0.25) is 0 Å². The highest BCUT2D eigenvalue weighted by Gasteiger charge is 2.52. The molecule has 0 N–H and O–H groups in total. The van der Waals surface area contributed by atoms with Gasteiger partial charge in [0.15, 0.2) is 18.3 Å². The molecular weight excluding hydrogens is 456 g/mol. The summed E-state index contributed by atoms with van der Waals surface area (Å²) in [5.41, 5.74) is -0.815. The Kier molecular flexibility index (Phi) is 10.5. The van der Waals surface area contributed by atoms with Gasteiger partial charge in [-0.05, 0) is 12.1 Å². The summed E-state index contributed by atoms with van der Waals surface area (Å²) in [5, 5.41) is 0. The molecule has 182 valence electrons. The molecule has 1 aliphatic heterocycles. The fourth-order valence-electron chi connectivity index (χ4n) is 3.16. The van der Waals surface area contributed by atoms with E-state index in [4.69, 9.17) is 28.4 Å². The molecule has 10 nitrogen and oxygen atoms in total. The highest BCUT2D eigenvalue weighted by atomic mass is 32.2.